The van der Waals surface area contributed by atoms with Gasteiger partial charge < -0.3 is 24.9 Å². The molecule has 14 heteroatoms. The fourth-order valence-corrected chi connectivity index (χ4v) is 5.35. The number of carboxylic acid groups (broad SMARTS) is 2. The number of alkyl halides is 6. The third-order valence-electron chi connectivity index (χ3n) is 7.32. The van der Waals surface area contributed by atoms with Gasteiger partial charge in [0, 0.05) is 38.6 Å². The summed E-state index contributed by atoms with van der Waals surface area (Å²) in [7, 11) is 0. The van der Waals surface area contributed by atoms with Gasteiger partial charge in [0.25, 0.3) is 0 Å². The average molecular weight is 548 g/mol. The van der Waals surface area contributed by atoms with E-state index in [1.807, 2.05) is 0 Å². The van der Waals surface area contributed by atoms with Crippen molar-refractivity contribution in [2.24, 2.45) is 17.8 Å². The molecule has 4 aliphatic rings. The molecule has 1 amide bonds. The number of amides is 1. The van der Waals surface area contributed by atoms with Crippen molar-refractivity contribution in [3.63, 3.8) is 0 Å². The first-order valence-electron chi connectivity index (χ1n) is 12.5. The summed E-state index contributed by atoms with van der Waals surface area (Å²) in [4.78, 5) is 38.0. The largest absolute Gasteiger partial charge is 0.490 e. The number of nitrogens with zero attached hydrogens (tertiary/aromatic N) is 3. The molecule has 2 N–H and O–H groups in total. The van der Waals surface area contributed by atoms with Crippen LogP contribution in [0.3, 0.4) is 0 Å². The standard InChI is InChI=1S/C19H33N3O.2C2HF3O2/c23-19(16-5-1-2-6-16)22-14-17-7-10-21(13-18(17)15-22)12-11-20-8-3-4-9-20;2*3-2(4,5)1(6)7/h16-18H,1-15H2;2*(H,6,7)/t17-,18+;;/m0../s1. The monoisotopic (exact) mass is 547 g/mol. The highest BCUT2D eigenvalue weighted by atomic mass is 19.4. The van der Waals surface area contributed by atoms with Gasteiger partial charge in [0.15, 0.2) is 0 Å². The zero-order valence-electron chi connectivity index (χ0n) is 20.6. The van der Waals surface area contributed by atoms with Crippen LogP contribution in [0.5, 0.6) is 0 Å². The van der Waals surface area contributed by atoms with Gasteiger partial charge in [-0.2, -0.15) is 26.3 Å². The molecule has 1 aliphatic carbocycles. The Hall–Kier alpha value is -2.09. The molecular weight excluding hydrogens is 512 g/mol. The van der Waals surface area contributed by atoms with Crippen LogP contribution >= 0.6 is 0 Å². The molecule has 0 radical (unpaired) electrons. The molecule has 3 aliphatic heterocycles. The van der Waals surface area contributed by atoms with Gasteiger partial charge in [0.1, 0.15) is 0 Å². The number of hydrogen-bond acceptors (Lipinski definition) is 5. The van der Waals surface area contributed by atoms with Crippen LogP contribution in [0.25, 0.3) is 0 Å². The Morgan fingerprint density at radius 1 is 0.649 bits per heavy atom. The van der Waals surface area contributed by atoms with Crippen molar-refractivity contribution in [1.29, 1.82) is 0 Å². The van der Waals surface area contributed by atoms with E-state index in [1.165, 1.54) is 71.4 Å². The van der Waals surface area contributed by atoms with E-state index >= 15 is 0 Å². The van der Waals surface area contributed by atoms with Gasteiger partial charge in [-0.1, -0.05) is 12.8 Å². The SMILES string of the molecule is O=C(C1CCCC1)N1C[C@H]2CN(CCN3CCCC3)CC[C@H]2C1.O=C(O)C(F)(F)F.O=C(O)C(F)(F)F. The van der Waals surface area contributed by atoms with Gasteiger partial charge in [-0.05, 0) is 63.6 Å². The Labute approximate surface area is 211 Å². The summed E-state index contributed by atoms with van der Waals surface area (Å²) in [5, 5.41) is 14.2. The molecule has 0 aromatic heterocycles. The van der Waals surface area contributed by atoms with Gasteiger partial charge in [0.2, 0.25) is 5.91 Å². The number of hydrogen-bond donors (Lipinski definition) is 2. The highest BCUT2D eigenvalue weighted by Crippen LogP contribution is 2.34. The van der Waals surface area contributed by atoms with Crippen LogP contribution in [0.4, 0.5) is 26.3 Å². The third-order valence-corrected chi connectivity index (χ3v) is 7.32. The molecule has 1 saturated carbocycles. The van der Waals surface area contributed by atoms with Crippen LogP contribution in [-0.2, 0) is 14.4 Å². The summed E-state index contributed by atoms with van der Waals surface area (Å²) >= 11 is 0. The molecule has 3 heterocycles. The number of halogens is 6. The van der Waals surface area contributed by atoms with Crippen LogP contribution in [0.15, 0.2) is 0 Å². The van der Waals surface area contributed by atoms with Crippen molar-refractivity contribution in [2.75, 3.05) is 52.4 Å². The lowest BCUT2D eigenvalue weighted by Crippen LogP contribution is -2.43. The van der Waals surface area contributed by atoms with Crippen LogP contribution in [0.1, 0.15) is 44.9 Å². The number of fused-ring (bicyclic) bond motifs is 1. The topological polar surface area (TPSA) is 101 Å². The second-order valence-electron chi connectivity index (χ2n) is 9.99. The molecule has 4 rings (SSSR count). The summed E-state index contributed by atoms with van der Waals surface area (Å²) in [5.74, 6) is -3.14. The minimum Gasteiger partial charge on any atom is -0.475 e. The van der Waals surface area contributed by atoms with Gasteiger partial charge in [0.05, 0.1) is 0 Å². The molecule has 37 heavy (non-hydrogen) atoms. The van der Waals surface area contributed by atoms with Crippen LogP contribution in [-0.4, -0.2) is 107 Å². The van der Waals surface area contributed by atoms with Crippen LogP contribution < -0.4 is 0 Å². The molecule has 0 unspecified atom stereocenters. The first kappa shape index (κ1) is 31.1. The van der Waals surface area contributed by atoms with Gasteiger partial charge >= 0.3 is 24.3 Å². The van der Waals surface area contributed by atoms with E-state index in [9.17, 15) is 31.1 Å². The number of likely N-dealkylation sites (tertiary alicyclic amines) is 3. The van der Waals surface area contributed by atoms with E-state index in [2.05, 4.69) is 14.7 Å². The second kappa shape index (κ2) is 13.6. The summed E-state index contributed by atoms with van der Waals surface area (Å²) < 4.78 is 63.5. The minimum atomic E-state index is -5.08. The van der Waals surface area contributed by atoms with Crippen molar-refractivity contribution in [2.45, 2.75) is 57.3 Å². The van der Waals surface area contributed by atoms with Crippen molar-refractivity contribution in [3.05, 3.63) is 0 Å². The van der Waals surface area contributed by atoms with Crippen LogP contribution in [0.2, 0.25) is 0 Å². The van der Waals surface area contributed by atoms with Crippen LogP contribution in [0, 0.1) is 17.8 Å². The molecule has 0 bridgehead atoms. The Bertz CT molecular complexity index is 743. The minimum absolute atomic E-state index is 0.362. The summed E-state index contributed by atoms with van der Waals surface area (Å²) in [6, 6.07) is 0. The molecule has 0 aromatic carbocycles. The highest BCUT2D eigenvalue weighted by molar-refractivity contribution is 5.79. The first-order chi connectivity index (χ1) is 17.2. The van der Waals surface area contributed by atoms with E-state index in [-0.39, 0.29) is 0 Å². The zero-order chi connectivity index (χ0) is 27.8. The molecule has 4 fully saturated rings. The number of aliphatic carboxylic acids is 2. The molecule has 0 spiro atoms. The van der Waals surface area contributed by atoms with E-state index in [0.29, 0.717) is 11.8 Å². The van der Waals surface area contributed by atoms with Gasteiger partial charge in [-0.15, -0.1) is 0 Å². The number of rotatable bonds is 4. The number of piperidine rings is 1. The Morgan fingerprint density at radius 3 is 1.59 bits per heavy atom. The van der Waals surface area contributed by atoms with E-state index in [4.69, 9.17) is 19.8 Å². The average Bonchev–Trinajstić information content (AvgIpc) is 3.58. The Balaban J connectivity index is 0.000000286. The summed E-state index contributed by atoms with van der Waals surface area (Å²) in [6.45, 7) is 9.68. The second-order valence-corrected chi connectivity index (χ2v) is 9.99. The zero-order valence-corrected chi connectivity index (χ0v) is 20.6. The molecule has 214 valence electrons. The van der Waals surface area contributed by atoms with Crippen molar-refractivity contribution >= 4 is 17.8 Å². The smallest absolute Gasteiger partial charge is 0.475 e. The maximum atomic E-state index is 12.7. The van der Waals surface area contributed by atoms with Gasteiger partial charge in [-0.25, -0.2) is 9.59 Å². The maximum Gasteiger partial charge on any atom is 0.490 e. The normalized spacial score (nSPS) is 25.1. The summed E-state index contributed by atoms with van der Waals surface area (Å²) in [6.07, 6.45) is -1.26. The molecule has 2 atom stereocenters. The quantitative estimate of drug-likeness (QED) is 0.521. The summed E-state index contributed by atoms with van der Waals surface area (Å²) in [5.41, 5.74) is 0. The predicted molar refractivity (Wildman–Crippen MR) is 120 cm³/mol. The van der Waals surface area contributed by atoms with Gasteiger partial charge in [-0.3, -0.25) is 4.79 Å². The third kappa shape index (κ3) is 10.3. The fourth-order valence-electron chi connectivity index (χ4n) is 5.35. The Morgan fingerprint density at radius 2 is 1.11 bits per heavy atom. The lowest BCUT2D eigenvalue weighted by Gasteiger charge is -2.35. The van der Waals surface area contributed by atoms with E-state index in [1.54, 1.807) is 0 Å². The van der Waals surface area contributed by atoms with Crippen molar-refractivity contribution in [3.8, 4) is 0 Å². The molecule has 0 aromatic rings. The van der Waals surface area contributed by atoms with E-state index < -0.39 is 24.3 Å². The van der Waals surface area contributed by atoms with E-state index in [0.717, 1.165) is 37.8 Å². The lowest BCUT2D eigenvalue weighted by atomic mass is 9.89. The number of carbonyl (C=O) groups is 3. The molecule has 8 nitrogen and oxygen atoms in total. The van der Waals surface area contributed by atoms with Crippen molar-refractivity contribution in [1.82, 2.24) is 14.7 Å². The number of carbonyl (C=O) groups excluding carboxylic acids is 1. The predicted octanol–water partition coefficient (Wildman–Crippen LogP) is 3.32. The highest BCUT2D eigenvalue weighted by Gasteiger charge is 2.41. The first-order valence-corrected chi connectivity index (χ1v) is 12.5. The molecule has 3 saturated heterocycles. The Kier molecular flexibility index (Phi) is 11.5. The van der Waals surface area contributed by atoms with Crippen molar-refractivity contribution < 1.29 is 50.9 Å². The number of carboxylic acids is 2. The lowest BCUT2D eigenvalue weighted by molar-refractivity contribution is -0.193. The molecular formula is C23H35F6N3O5. The fraction of sp³-hybridized carbons (Fsp3) is 0.870. The maximum absolute atomic E-state index is 12.7.